The first kappa shape index (κ1) is 115. The van der Waals surface area contributed by atoms with Crippen molar-refractivity contribution in [3.05, 3.63) is 218 Å². The number of thiazole rings is 1. The lowest BCUT2D eigenvalue weighted by atomic mass is 9.73. The van der Waals surface area contributed by atoms with Crippen LogP contribution in [0.15, 0.2) is 144 Å². The average Bonchev–Trinajstić information content (AvgIpc) is 0.806. The number of benzene rings is 6. The van der Waals surface area contributed by atoms with E-state index in [2.05, 4.69) is 232 Å². The third kappa shape index (κ3) is 44.3. The average molecular weight is 1760 g/mol. The fourth-order valence-electron chi connectivity index (χ4n) is 16.1. The van der Waals surface area contributed by atoms with Gasteiger partial charge in [0.05, 0.1) is 11.2 Å². The van der Waals surface area contributed by atoms with E-state index in [1.54, 1.807) is 32.1 Å². The summed E-state index contributed by atoms with van der Waals surface area (Å²) in [4.78, 5) is 80.6. The zero-order valence-corrected chi connectivity index (χ0v) is 86.9. The summed E-state index contributed by atoms with van der Waals surface area (Å²) in [5.74, 6) is -4.37. The van der Waals surface area contributed by atoms with Crippen LogP contribution in [0.1, 0.15) is 338 Å². The zero-order valence-electron chi connectivity index (χ0n) is 86.1. The smallest absolute Gasteiger partial charge is 0.195 e. The van der Waals surface area contributed by atoms with Crippen molar-refractivity contribution in [2.24, 2.45) is 100 Å². The molecule has 1 heterocycles. The van der Waals surface area contributed by atoms with Crippen molar-refractivity contribution in [2.45, 2.75) is 347 Å². The molecule has 6 atom stereocenters. The highest BCUT2D eigenvalue weighted by molar-refractivity contribution is 7.07. The molecule has 0 saturated heterocycles. The molecule has 0 aliphatic carbocycles. The minimum atomic E-state index is -1.69. The Labute approximate surface area is 769 Å². The highest BCUT2D eigenvalue weighted by Crippen LogP contribution is 2.41. The molecule has 12 heteroatoms. The van der Waals surface area contributed by atoms with Gasteiger partial charge in [-0.1, -0.05) is 394 Å². The van der Waals surface area contributed by atoms with Crippen molar-refractivity contribution in [2.75, 3.05) is 0 Å². The Morgan fingerprint density at radius 3 is 0.746 bits per heavy atom. The predicted octanol–water partition coefficient (Wildman–Crippen LogP) is 32.0. The number of rotatable bonds is 25. The predicted molar refractivity (Wildman–Crippen MR) is 528 cm³/mol. The van der Waals surface area contributed by atoms with Gasteiger partial charge < -0.3 is 0 Å². The Bertz CT molecular complexity index is 4370. The number of aromatic nitrogens is 1. The summed E-state index contributed by atoms with van der Waals surface area (Å²) in [6.45, 7) is 79.7. The number of carbonyl (C=O) groups excluding carboxylic acids is 6. The van der Waals surface area contributed by atoms with E-state index in [0.29, 0.717) is 35.3 Å². The van der Waals surface area contributed by atoms with Crippen LogP contribution in [0.2, 0.25) is 0 Å². The maximum Gasteiger partial charge on any atom is 0.195 e. The standard InChI is InChI=1S/C24H32O.C19H26F4O.2C19H30O.C18H28O.C15H25NOS/c1-23(2,3)17-21(22(25)24(4,5)6)16-18-12-14-20(15-13-18)19-10-8-7-9-11-19;1-10-13(20)12(15(22)16(23)14(10)21)8-11(9-18(2,3)4)17(24)19(5,6)7;2*1-14-8-10-15(11-9-14)12-16(13-18(2,3)4)17(20)19(5,6)7;1-17(2,3)13-15(16(19)18(4,5)6)12-14-10-8-7-9-11-14;1-14(2,3)8-11(13(17)15(4,5)6)7-12-9-18-10-16-12/h7-15,21H,16-17H2,1-6H3;11H,8-9H2,1-7H3;2*8-11,16H,12-13H2,1-7H3;7-11,15H,12-13H2,1-6H3;9-11H,7-8H2,1-6H3/t21-;11-;2*16-;15-;11-/m111111/s1. The van der Waals surface area contributed by atoms with E-state index in [4.69, 9.17) is 0 Å². The monoisotopic (exact) mass is 1760 g/mol. The summed E-state index contributed by atoms with van der Waals surface area (Å²) < 4.78 is 55.5. The molecule has 0 aliphatic heterocycles. The van der Waals surface area contributed by atoms with Gasteiger partial charge in [-0.2, -0.15) is 0 Å². The maximum atomic E-state index is 14.3. The number of carbonyl (C=O) groups is 6. The van der Waals surface area contributed by atoms with Crippen molar-refractivity contribution in [3.8, 4) is 11.1 Å². The third-order valence-electron chi connectivity index (χ3n) is 21.8. The van der Waals surface area contributed by atoms with Crippen LogP contribution in [0.4, 0.5) is 17.6 Å². The zero-order chi connectivity index (χ0) is 97.5. The Morgan fingerprint density at radius 1 is 0.270 bits per heavy atom. The fraction of sp³-hybridized carbons (Fsp3) is 0.605. The van der Waals surface area contributed by atoms with Gasteiger partial charge in [-0.25, -0.2) is 22.5 Å². The van der Waals surface area contributed by atoms with Gasteiger partial charge in [0.1, 0.15) is 40.5 Å². The van der Waals surface area contributed by atoms with Crippen LogP contribution in [-0.2, 0) is 67.3 Å². The lowest BCUT2D eigenvalue weighted by Crippen LogP contribution is -2.33. The van der Waals surface area contributed by atoms with E-state index in [0.717, 1.165) is 76.8 Å². The number of hydrogen-bond donors (Lipinski definition) is 0. The Morgan fingerprint density at radius 2 is 0.500 bits per heavy atom. The van der Waals surface area contributed by atoms with Crippen LogP contribution in [0.25, 0.3) is 11.1 Å². The Kier molecular flexibility index (Phi) is 43.3. The number of Topliss-reactive ketones (excluding diaryl/α,β-unsaturated/α-hetero) is 6. The first-order valence-corrected chi connectivity index (χ1v) is 47.1. The molecule has 7 nitrogen and oxygen atoms in total. The first-order chi connectivity index (χ1) is 56.9. The van der Waals surface area contributed by atoms with Gasteiger partial charge >= 0.3 is 0 Å². The van der Waals surface area contributed by atoms with E-state index in [1.807, 2.05) is 160 Å². The molecule has 0 aliphatic rings. The Balaban J connectivity index is 0.000000514. The summed E-state index contributed by atoms with van der Waals surface area (Å²) in [7, 11) is 0. The van der Waals surface area contributed by atoms with Crippen LogP contribution in [0.5, 0.6) is 0 Å². The number of hydrogen-bond acceptors (Lipinski definition) is 8. The molecule has 702 valence electrons. The first-order valence-electron chi connectivity index (χ1n) is 46.1. The summed E-state index contributed by atoms with van der Waals surface area (Å²) in [5.41, 5.74) is 10.3. The largest absolute Gasteiger partial charge is 0.299 e. The van der Waals surface area contributed by atoms with Crippen LogP contribution in [0.3, 0.4) is 0 Å². The van der Waals surface area contributed by atoms with E-state index in [1.165, 1.54) is 44.5 Å². The van der Waals surface area contributed by atoms with Gasteiger partial charge in [0.25, 0.3) is 0 Å². The molecule has 0 spiro atoms. The number of nitrogens with zero attached hydrogens (tertiary/aromatic N) is 1. The highest BCUT2D eigenvalue weighted by atomic mass is 32.1. The molecule has 0 N–H and O–H groups in total. The molecule has 0 fully saturated rings. The molecule has 1 aromatic heterocycles. The molecule has 0 saturated carbocycles. The van der Waals surface area contributed by atoms with Crippen LogP contribution >= 0.6 is 11.3 Å². The molecule has 6 aromatic carbocycles. The fourth-order valence-corrected chi connectivity index (χ4v) is 16.7. The molecule has 0 bridgehead atoms. The summed E-state index contributed by atoms with van der Waals surface area (Å²) in [6.07, 6.45) is 8.92. The molecule has 126 heavy (non-hydrogen) atoms. The van der Waals surface area contributed by atoms with Gasteiger partial charge in [0.2, 0.25) is 0 Å². The molecule has 7 rings (SSSR count). The normalized spacial score (nSPS) is 14.1. The van der Waals surface area contributed by atoms with Crippen molar-refractivity contribution >= 4 is 46.0 Å². The lowest BCUT2D eigenvalue weighted by molar-refractivity contribution is -0.132. The van der Waals surface area contributed by atoms with E-state index in [-0.39, 0.29) is 101 Å². The highest BCUT2D eigenvalue weighted by Gasteiger charge is 2.40. The van der Waals surface area contributed by atoms with Gasteiger partial charge in [0.15, 0.2) is 17.5 Å². The minimum Gasteiger partial charge on any atom is -0.299 e. The number of ketones is 6. The summed E-state index contributed by atoms with van der Waals surface area (Å²) >= 11 is 1.60. The molecule has 0 amide bonds. The third-order valence-corrected chi connectivity index (χ3v) is 22.5. The quantitative estimate of drug-likeness (QED) is 0.0318. The van der Waals surface area contributed by atoms with Crippen LogP contribution in [-0.4, -0.2) is 39.7 Å². The lowest BCUT2D eigenvalue weighted by Gasteiger charge is -2.30. The van der Waals surface area contributed by atoms with Crippen molar-refractivity contribution in [3.63, 3.8) is 0 Å². The van der Waals surface area contributed by atoms with Crippen molar-refractivity contribution in [1.82, 2.24) is 4.98 Å². The number of halogens is 4. The van der Waals surface area contributed by atoms with Crippen LogP contribution < -0.4 is 0 Å². The van der Waals surface area contributed by atoms with Gasteiger partial charge in [0, 0.05) is 90.9 Å². The van der Waals surface area contributed by atoms with Gasteiger partial charge in [-0.05, 0) is 157 Å². The van der Waals surface area contributed by atoms with Crippen molar-refractivity contribution < 1.29 is 46.3 Å². The van der Waals surface area contributed by atoms with E-state index < -0.39 is 45.7 Å². The maximum absolute atomic E-state index is 14.3. The van der Waals surface area contributed by atoms with Crippen LogP contribution in [0, 0.1) is 145 Å². The number of aryl methyl sites for hydroxylation is 2. The molecule has 0 radical (unpaired) electrons. The summed E-state index contributed by atoms with van der Waals surface area (Å²) in [6, 6.07) is 46.6. The van der Waals surface area contributed by atoms with Crippen molar-refractivity contribution in [1.29, 1.82) is 0 Å². The molecule has 0 unspecified atom stereocenters. The Hall–Kier alpha value is -7.31. The molecule has 7 aromatic rings. The SMILES string of the molecule is CC(C)(C)C[C@@H](Cc1ccc(-c2ccccc2)cc1)C(=O)C(C)(C)C.CC(C)(C)C[C@@H](Cc1ccccc1)C(=O)C(C)(C)C.CC(C)(C)C[C@@H](Cc1cscn1)C(=O)C(C)(C)C.Cc1c(F)c(F)c(F)c(C[C@H](CC(C)(C)C)C(=O)C(C)(C)C)c1F.Cc1ccc(C[C@H](CC(C)(C)C)C(=O)C(C)(C)C)cc1.Cc1ccc(C[C@H](CC(C)(C)C)C(=O)C(C)(C)C)cc1. The summed E-state index contributed by atoms with van der Waals surface area (Å²) in [5, 5.41) is 2.05. The molecular weight excluding hydrogens is 1590 g/mol. The topological polar surface area (TPSA) is 115 Å². The van der Waals surface area contributed by atoms with E-state index in [9.17, 15) is 46.3 Å². The molecular formula is C114H171F4NO6S. The second-order valence-corrected chi connectivity index (χ2v) is 50.3. The van der Waals surface area contributed by atoms with Gasteiger partial charge in [-0.15, -0.1) is 11.3 Å². The minimum absolute atomic E-state index is 0.0718. The van der Waals surface area contributed by atoms with E-state index >= 15 is 0 Å². The van der Waals surface area contributed by atoms with Gasteiger partial charge in [-0.3, -0.25) is 28.8 Å². The second-order valence-electron chi connectivity index (χ2n) is 49.5. The second kappa shape index (κ2) is 47.5.